The molecule has 0 aliphatic carbocycles. The largest absolute Gasteiger partial charge is 0.351 e. The van der Waals surface area contributed by atoms with Crippen molar-refractivity contribution in [1.82, 2.24) is 20.0 Å². The highest BCUT2D eigenvalue weighted by atomic mass is 16.5. The number of aromatic nitrogens is 3. The number of aromatic amines is 1. The van der Waals surface area contributed by atoms with Crippen LogP contribution < -0.4 is 0 Å². The van der Waals surface area contributed by atoms with Gasteiger partial charge in [0.2, 0.25) is 5.76 Å². The fourth-order valence-electron chi connectivity index (χ4n) is 4.23. The van der Waals surface area contributed by atoms with Gasteiger partial charge in [0.25, 0.3) is 5.91 Å². The third-order valence-corrected chi connectivity index (χ3v) is 6.18. The van der Waals surface area contributed by atoms with E-state index >= 15 is 0 Å². The minimum atomic E-state index is -0.244. The molecule has 34 heavy (non-hydrogen) atoms. The molecule has 0 unspecified atom stereocenters. The van der Waals surface area contributed by atoms with Crippen molar-refractivity contribution in [1.29, 1.82) is 0 Å². The zero-order valence-corrected chi connectivity index (χ0v) is 19.4. The van der Waals surface area contributed by atoms with E-state index in [0.29, 0.717) is 12.2 Å². The highest BCUT2D eigenvalue weighted by Gasteiger charge is 2.24. The lowest BCUT2D eigenvalue weighted by molar-refractivity contribution is 0.0740. The van der Waals surface area contributed by atoms with Crippen LogP contribution >= 0.6 is 0 Å². The number of fused-ring (bicyclic) bond motifs is 1. The normalized spacial score (nSPS) is 11.3. The number of amides is 1. The second-order valence-corrected chi connectivity index (χ2v) is 8.67. The Labute approximate surface area is 198 Å². The SMILES string of the molecule is Cc1cc2nc(CN(C)C(=O)c3cc(C(c4ccccc4)c4ccccc4)no3)[nH]c2cc1C. The molecule has 2 heterocycles. The van der Waals surface area contributed by atoms with Gasteiger partial charge in [0.15, 0.2) is 0 Å². The van der Waals surface area contributed by atoms with Crippen molar-refractivity contribution in [2.24, 2.45) is 0 Å². The predicted octanol–water partition coefficient (Wildman–Crippen LogP) is 5.62. The van der Waals surface area contributed by atoms with Gasteiger partial charge in [-0.1, -0.05) is 65.8 Å². The molecule has 0 aliphatic rings. The summed E-state index contributed by atoms with van der Waals surface area (Å²) in [5, 5.41) is 4.29. The second kappa shape index (κ2) is 8.98. The van der Waals surface area contributed by atoms with E-state index < -0.39 is 0 Å². The molecule has 0 radical (unpaired) electrons. The van der Waals surface area contributed by atoms with E-state index in [9.17, 15) is 4.79 Å². The monoisotopic (exact) mass is 450 g/mol. The van der Waals surface area contributed by atoms with Gasteiger partial charge in [-0.15, -0.1) is 0 Å². The van der Waals surface area contributed by atoms with Crippen molar-refractivity contribution >= 4 is 16.9 Å². The number of nitrogens with one attached hydrogen (secondary N) is 1. The second-order valence-electron chi connectivity index (χ2n) is 8.67. The van der Waals surface area contributed by atoms with E-state index in [1.165, 1.54) is 11.1 Å². The van der Waals surface area contributed by atoms with Gasteiger partial charge in [0.1, 0.15) is 5.82 Å². The fraction of sp³-hybridized carbons (Fsp3) is 0.179. The Balaban J connectivity index is 1.39. The molecule has 0 saturated heterocycles. The van der Waals surface area contributed by atoms with Gasteiger partial charge in [-0.05, 0) is 48.2 Å². The quantitative estimate of drug-likeness (QED) is 0.364. The first-order valence-corrected chi connectivity index (χ1v) is 11.3. The van der Waals surface area contributed by atoms with Crippen molar-refractivity contribution in [3.8, 4) is 0 Å². The molecule has 1 N–H and O–H groups in total. The molecule has 0 spiro atoms. The average molecular weight is 451 g/mol. The lowest BCUT2D eigenvalue weighted by Crippen LogP contribution is -2.26. The summed E-state index contributed by atoms with van der Waals surface area (Å²) in [6.07, 6.45) is 0. The van der Waals surface area contributed by atoms with E-state index in [2.05, 4.69) is 65.4 Å². The molecular weight excluding hydrogens is 424 g/mol. The number of carbonyl (C=O) groups is 1. The summed E-state index contributed by atoms with van der Waals surface area (Å²) >= 11 is 0. The van der Waals surface area contributed by atoms with Crippen LogP contribution in [0.5, 0.6) is 0 Å². The Hall–Kier alpha value is -4.19. The average Bonchev–Trinajstić information content (AvgIpc) is 3.47. The molecule has 0 saturated carbocycles. The van der Waals surface area contributed by atoms with Crippen molar-refractivity contribution in [2.75, 3.05) is 7.05 Å². The van der Waals surface area contributed by atoms with Crippen LogP contribution in [-0.2, 0) is 6.54 Å². The summed E-state index contributed by atoms with van der Waals surface area (Å²) in [6.45, 7) is 4.48. The van der Waals surface area contributed by atoms with Crippen molar-refractivity contribution in [2.45, 2.75) is 26.3 Å². The van der Waals surface area contributed by atoms with Crippen LogP contribution in [0.4, 0.5) is 0 Å². The van der Waals surface area contributed by atoms with Gasteiger partial charge in [-0.3, -0.25) is 4.79 Å². The molecule has 5 aromatic rings. The third kappa shape index (κ3) is 4.22. The fourth-order valence-corrected chi connectivity index (χ4v) is 4.23. The van der Waals surface area contributed by atoms with E-state index in [0.717, 1.165) is 28.0 Å². The number of carbonyl (C=O) groups excluding carboxylic acids is 1. The van der Waals surface area contributed by atoms with Gasteiger partial charge >= 0.3 is 0 Å². The molecular formula is C28H26N4O2. The number of H-pyrrole nitrogens is 1. The summed E-state index contributed by atoms with van der Waals surface area (Å²) in [6, 6.07) is 26.1. The Morgan fingerprint density at radius 1 is 0.941 bits per heavy atom. The molecule has 1 amide bonds. The Morgan fingerprint density at radius 3 is 2.21 bits per heavy atom. The van der Waals surface area contributed by atoms with Crippen LogP contribution in [0.25, 0.3) is 11.0 Å². The molecule has 0 aliphatic heterocycles. The predicted molar refractivity (Wildman–Crippen MR) is 132 cm³/mol. The Kier molecular flexibility index (Phi) is 5.72. The highest BCUT2D eigenvalue weighted by Crippen LogP contribution is 2.31. The maximum atomic E-state index is 13.1. The van der Waals surface area contributed by atoms with Crippen molar-refractivity contribution < 1.29 is 9.32 Å². The number of aryl methyl sites for hydroxylation is 2. The van der Waals surface area contributed by atoms with Crippen LogP contribution in [0.3, 0.4) is 0 Å². The maximum absolute atomic E-state index is 13.1. The number of imidazole rings is 1. The number of benzene rings is 3. The van der Waals surface area contributed by atoms with Gasteiger partial charge < -0.3 is 14.4 Å². The molecule has 0 atom stereocenters. The lowest BCUT2D eigenvalue weighted by Gasteiger charge is -2.15. The summed E-state index contributed by atoms with van der Waals surface area (Å²) in [4.78, 5) is 22.7. The third-order valence-electron chi connectivity index (χ3n) is 6.18. The standard InChI is InChI=1S/C28H26N4O2/c1-18-14-22-23(15-19(18)2)30-26(29-22)17-32(3)28(33)25-16-24(31-34-25)27(20-10-6-4-7-11-20)21-12-8-5-9-13-21/h4-16,27H,17H2,1-3H3,(H,29,30). The number of rotatable bonds is 6. The molecule has 0 bridgehead atoms. The summed E-state index contributed by atoms with van der Waals surface area (Å²) in [7, 11) is 1.74. The summed E-state index contributed by atoms with van der Waals surface area (Å²) in [5.74, 6) is 0.561. The van der Waals surface area contributed by atoms with Crippen molar-refractivity contribution in [3.63, 3.8) is 0 Å². The Bertz CT molecular complexity index is 1360. The molecule has 6 heteroatoms. The van der Waals surface area contributed by atoms with Crippen LogP contribution in [0.2, 0.25) is 0 Å². The number of hydrogen-bond donors (Lipinski definition) is 1. The molecule has 3 aromatic carbocycles. The first kappa shape index (κ1) is 21.6. The topological polar surface area (TPSA) is 75.0 Å². The van der Waals surface area contributed by atoms with Crippen LogP contribution in [0.1, 0.15) is 50.2 Å². The molecule has 170 valence electrons. The first-order valence-electron chi connectivity index (χ1n) is 11.3. The molecule has 2 aromatic heterocycles. The number of hydrogen-bond acceptors (Lipinski definition) is 4. The molecule has 6 nitrogen and oxygen atoms in total. The smallest absolute Gasteiger partial charge is 0.292 e. The number of nitrogens with zero attached hydrogens (tertiary/aromatic N) is 3. The van der Waals surface area contributed by atoms with Crippen LogP contribution in [0.15, 0.2) is 83.4 Å². The van der Waals surface area contributed by atoms with Crippen molar-refractivity contribution in [3.05, 3.63) is 118 Å². The van der Waals surface area contributed by atoms with Crippen LogP contribution in [-0.4, -0.2) is 33.0 Å². The van der Waals surface area contributed by atoms with Gasteiger partial charge in [-0.25, -0.2) is 4.98 Å². The minimum absolute atomic E-state index is 0.125. The lowest BCUT2D eigenvalue weighted by atomic mass is 9.88. The van der Waals surface area contributed by atoms with E-state index in [-0.39, 0.29) is 17.6 Å². The molecule has 0 fully saturated rings. The highest BCUT2D eigenvalue weighted by molar-refractivity contribution is 5.91. The minimum Gasteiger partial charge on any atom is -0.351 e. The van der Waals surface area contributed by atoms with Crippen LogP contribution in [0, 0.1) is 13.8 Å². The van der Waals surface area contributed by atoms with Gasteiger partial charge in [-0.2, -0.15) is 0 Å². The summed E-state index contributed by atoms with van der Waals surface area (Å²) < 4.78 is 5.53. The van der Waals surface area contributed by atoms with Gasteiger partial charge in [0, 0.05) is 13.1 Å². The zero-order valence-electron chi connectivity index (χ0n) is 19.4. The zero-order chi connectivity index (χ0) is 23.7. The van der Waals surface area contributed by atoms with Gasteiger partial charge in [0.05, 0.1) is 29.2 Å². The molecule has 5 rings (SSSR count). The first-order chi connectivity index (χ1) is 16.5. The van der Waals surface area contributed by atoms with E-state index in [1.54, 1.807) is 18.0 Å². The Morgan fingerprint density at radius 2 is 1.56 bits per heavy atom. The maximum Gasteiger partial charge on any atom is 0.292 e. The summed E-state index contributed by atoms with van der Waals surface area (Å²) in [5.41, 5.74) is 7.13. The van der Waals surface area contributed by atoms with E-state index in [1.807, 2.05) is 36.4 Å². The van der Waals surface area contributed by atoms with E-state index in [4.69, 9.17) is 4.52 Å².